The maximum atomic E-state index is 13.6. The zero-order chi connectivity index (χ0) is 16.6. The van der Waals surface area contributed by atoms with Gasteiger partial charge in [0.25, 0.3) is 0 Å². The topological polar surface area (TPSA) is 79.4 Å². The van der Waals surface area contributed by atoms with Crippen molar-refractivity contribution in [2.45, 2.75) is 12.5 Å². The minimum atomic E-state index is -2.98. The summed E-state index contributed by atoms with van der Waals surface area (Å²) < 4.78 is 37.2. The van der Waals surface area contributed by atoms with Crippen LogP contribution in [0.3, 0.4) is 0 Å². The standard InChI is InChI=1S/C14H16FN3O3S2/c1-18(9-5-6-23(20,21)8-9)7-12(19)16-14-17-13-10(15)3-2-4-11(13)22-14/h2-4,9H,5-8H2,1H3,(H,16,17,19). The van der Waals surface area contributed by atoms with Crippen molar-refractivity contribution < 1.29 is 17.6 Å². The molecule has 1 saturated heterocycles. The lowest BCUT2D eigenvalue weighted by atomic mass is 10.2. The lowest BCUT2D eigenvalue weighted by Crippen LogP contribution is -2.38. The number of fused-ring (bicyclic) bond motifs is 1. The number of thiazole rings is 1. The van der Waals surface area contributed by atoms with Crippen LogP contribution in [0.25, 0.3) is 10.2 Å². The molecule has 1 N–H and O–H groups in total. The molecule has 0 aliphatic carbocycles. The number of rotatable bonds is 4. The Morgan fingerprint density at radius 2 is 2.30 bits per heavy atom. The van der Waals surface area contributed by atoms with Crippen LogP contribution in [0.1, 0.15) is 6.42 Å². The molecule has 6 nitrogen and oxygen atoms in total. The van der Waals surface area contributed by atoms with Crippen molar-refractivity contribution in [1.29, 1.82) is 0 Å². The second-order valence-corrected chi connectivity index (χ2v) is 8.89. The molecule has 1 atom stereocenters. The monoisotopic (exact) mass is 357 g/mol. The fourth-order valence-electron chi connectivity index (χ4n) is 2.61. The molecule has 1 fully saturated rings. The highest BCUT2D eigenvalue weighted by Crippen LogP contribution is 2.27. The second kappa shape index (κ2) is 6.14. The Balaban J connectivity index is 1.63. The van der Waals surface area contributed by atoms with Crippen LogP contribution in [0, 0.1) is 5.82 Å². The summed E-state index contributed by atoms with van der Waals surface area (Å²) in [5, 5.41) is 2.98. The minimum Gasteiger partial charge on any atom is -0.301 e. The molecule has 2 aromatic rings. The number of likely N-dealkylation sites (N-methyl/N-ethyl adjacent to an activating group) is 1. The lowest BCUT2D eigenvalue weighted by Gasteiger charge is -2.21. The van der Waals surface area contributed by atoms with E-state index in [1.165, 1.54) is 17.4 Å². The highest BCUT2D eigenvalue weighted by atomic mass is 32.2. The molecular weight excluding hydrogens is 341 g/mol. The van der Waals surface area contributed by atoms with Gasteiger partial charge in [0.2, 0.25) is 5.91 Å². The first-order valence-corrected chi connectivity index (χ1v) is 9.73. The zero-order valence-corrected chi connectivity index (χ0v) is 14.1. The molecule has 3 rings (SSSR count). The third-order valence-electron chi connectivity index (χ3n) is 3.84. The molecule has 0 spiro atoms. The fourth-order valence-corrected chi connectivity index (χ4v) is 5.31. The summed E-state index contributed by atoms with van der Waals surface area (Å²) in [6, 6.07) is 4.51. The van der Waals surface area contributed by atoms with Gasteiger partial charge in [-0.3, -0.25) is 9.69 Å². The summed E-state index contributed by atoms with van der Waals surface area (Å²) in [5.41, 5.74) is 0.239. The number of hydrogen-bond donors (Lipinski definition) is 1. The van der Waals surface area contributed by atoms with Gasteiger partial charge < -0.3 is 5.32 Å². The van der Waals surface area contributed by atoms with Gasteiger partial charge in [-0.05, 0) is 25.6 Å². The van der Waals surface area contributed by atoms with Crippen molar-refractivity contribution in [3.8, 4) is 0 Å². The van der Waals surface area contributed by atoms with Crippen molar-refractivity contribution in [3.63, 3.8) is 0 Å². The summed E-state index contributed by atoms with van der Waals surface area (Å²) in [7, 11) is -1.26. The second-order valence-electron chi connectivity index (χ2n) is 5.63. The van der Waals surface area contributed by atoms with Gasteiger partial charge >= 0.3 is 0 Å². The number of nitrogens with zero attached hydrogens (tertiary/aromatic N) is 2. The van der Waals surface area contributed by atoms with Crippen LogP contribution in [0.15, 0.2) is 18.2 Å². The molecular formula is C14H16FN3O3S2. The maximum Gasteiger partial charge on any atom is 0.240 e. The van der Waals surface area contributed by atoms with Crippen LogP contribution in [0.5, 0.6) is 0 Å². The first-order valence-electron chi connectivity index (χ1n) is 7.09. The van der Waals surface area contributed by atoms with E-state index in [0.29, 0.717) is 16.3 Å². The summed E-state index contributed by atoms with van der Waals surface area (Å²) in [6.45, 7) is 0.0680. The molecule has 2 heterocycles. The predicted molar refractivity (Wildman–Crippen MR) is 87.9 cm³/mol. The summed E-state index contributed by atoms with van der Waals surface area (Å²) in [5.74, 6) is -0.465. The third kappa shape index (κ3) is 3.67. The number of carbonyl (C=O) groups is 1. The maximum absolute atomic E-state index is 13.6. The Labute approximate surface area is 137 Å². The van der Waals surface area contributed by atoms with Gasteiger partial charge in [0.05, 0.1) is 22.8 Å². The normalized spacial score (nSPS) is 20.2. The number of halogens is 1. The van der Waals surface area contributed by atoms with Gasteiger partial charge in [-0.25, -0.2) is 17.8 Å². The van der Waals surface area contributed by atoms with Gasteiger partial charge in [-0.15, -0.1) is 0 Å². The van der Waals surface area contributed by atoms with Gasteiger partial charge in [0.1, 0.15) is 11.3 Å². The SMILES string of the molecule is CN(CC(=O)Nc1nc2c(F)cccc2s1)C1CCS(=O)(=O)C1. The Hall–Kier alpha value is -1.58. The Kier molecular flexibility index (Phi) is 4.35. The van der Waals surface area contributed by atoms with Crippen molar-refractivity contribution in [2.75, 3.05) is 30.4 Å². The zero-order valence-electron chi connectivity index (χ0n) is 12.5. The summed E-state index contributed by atoms with van der Waals surface area (Å²) >= 11 is 1.20. The number of carbonyl (C=O) groups excluding carboxylic acids is 1. The molecule has 0 saturated carbocycles. The first kappa shape index (κ1) is 16.3. The molecule has 9 heteroatoms. The largest absolute Gasteiger partial charge is 0.301 e. The van der Waals surface area contributed by atoms with E-state index in [-0.39, 0.29) is 35.5 Å². The van der Waals surface area contributed by atoms with E-state index in [4.69, 9.17) is 0 Å². The van der Waals surface area contributed by atoms with Crippen LogP contribution in [-0.2, 0) is 14.6 Å². The average molecular weight is 357 g/mol. The summed E-state index contributed by atoms with van der Waals surface area (Å²) in [4.78, 5) is 17.9. The summed E-state index contributed by atoms with van der Waals surface area (Å²) in [6.07, 6.45) is 0.540. The fraction of sp³-hybridized carbons (Fsp3) is 0.429. The van der Waals surface area contributed by atoms with E-state index >= 15 is 0 Å². The highest BCUT2D eigenvalue weighted by molar-refractivity contribution is 7.91. The van der Waals surface area contributed by atoms with Crippen LogP contribution in [0.2, 0.25) is 0 Å². The number of amides is 1. The molecule has 1 amide bonds. The first-order chi connectivity index (χ1) is 10.8. The average Bonchev–Trinajstić information content (AvgIpc) is 3.02. The van der Waals surface area contributed by atoms with Gasteiger partial charge in [-0.2, -0.15) is 0 Å². The Bertz CT molecular complexity index is 850. The van der Waals surface area contributed by atoms with E-state index in [1.807, 2.05) is 0 Å². The molecule has 0 bridgehead atoms. The number of para-hydroxylation sites is 1. The molecule has 0 radical (unpaired) electrons. The van der Waals surface area contributed by atoms with Crippen LogP contribution < -0.4 is 5.32 Å². The molecule has 23 heavy (non-hydrogen) atoms. The van der Waals surface area contributed by atoms with Crippen LogP contribution >= 0.6 is 11.3 Å². The van der Waals surface area contributed by atoms with E-state index in [9.17, 15) is 17.6 Å². The van der Waals surface area contributed by atoms with Crippen LogP contribution in [0.4, 0.5) is 9.52 Å². The molecule has 124 valence electrons. The number of aromatic nitrogens is 1. The van der Waals surface area contributed by atoms with Crippen LogP contribution in [-0.4, -0.2) is 55.3 Å². The lowest BCUT2D eigenvalue weighted by molar-refractivity contribution is -0.117. The minimum absolute atomic E-state index is 0.0680. The van der Waals surface area contributed by atoms with Crippen molar-refractivity contribution >= 4 is 42.4 Å². The number of hydrogen-bond acceptors (Lipinski definition) is 6. The van der Waals surface area contributed by atoms with Crippen molar-refractivity contribution in [3.05, 3.63) is 24.0 Å². The molecule has 1 unspecified atom stereocenters. The molecule has 1 aliphatic heterocycles. The van der Waals surface area contributed by atoms with Crippen molar-refractivity contribution in [1.82, 2.24) is 9.88 Å². The molecule has 1 aromatic carbocycles. The van der Waals surface area contributed by atoms with Gasteiger partial charge in [0, 0.05) is 6.04 Å². The molecule has 1 aliphatic rings. The number of benzene rings is 1. The number of anilines is 1. The van der Waals surface area contributed by atoms with Gasteiger partial charge in [-0.1, -0.05) is 17.4 Å². The quantitative estimate of drug-likeness (QED) is 0.897. The molecule has 1 aromatic heterocycles. The van der Waals surface area contributed by atoms with Crippen molar-refractivity contribution in [2.24, 2.45) is 0 Å². The van der Waals surface area contributed by atoms with E-state index < -0.39 is 15.7 Å². The Morgan fingerprint density at radius 3 is 2.96 bits per heavy atom. The van der Waals surface area contributed by atoms with E-state index in [0.717, 1.165) is 0 Å². The Morgan fingerprint density at radius 1 is 1.52 bits per heavy atom. The van der Waals surface area contributed by atoms with Gasteiger partial charge in [0.15, 0.2) is 15.0 Å². The van der Waals surface area contributed by atoms with E-state index in [1.54, 1.807) is 24.1 Å². The number of nitrogens with one attached hydrogen (secondary N) is 1. The predicted octanol–water partition coefficient (Wildman–Crippen LogP) is 1.49. The van der Waals surface area contributed by atoms with E-state index in [2.05, 4.69) is 10.3 Å². The smallest absolute Gasteiger partial charge is 0.240 e. The third-order valence-corrected chi connectivity index (χ3v) is 6.53. The highest BCUT2D eigenvalue weighted by Gasteiger charge is 2.31. The number of sulfone groups is 1.